The van der Waals surface area contributed by atoms with Crippen molar-refractivity contribution in [2.75, 3.05) is 5.32 Å². The molecule has 0 aliphatic heterocycles. The molecular weight excluding hydrogens is 326 g/mol. The van der Waals surface area contributed by atoms with Crippen LogP contribution in [0.4, 0.5) is 11.5 Å². The van der Waals surface area contributed by atoms with Crippen molar-refractivity contribution < 1.29 is 4.79 Å². The molecule has 0 fully saturated rings. The van der Waals surface area contributed by atoms with Crippen LogP contribution >= 0.6 is 11.6 Å². The second-order valence-electron chi connectivity index (χ2n) is 4.93. The van der Waals surface area contributed by atoms with E-state index in [4.69, 9.17) is 17.4 Å². The summed E-state index contributed by atoms with van der Waals surface area (Å²) in [6.07, 6.45) is 1.43. The zero-order chi connectivity index (χ0) is 16.9. The number of carbonyl (C=O) groups is 1. The molecule has 3 aromatic rings. The van der Waals surface area contributed by atoms with Gasteiger partial charge in [0.15, 0.2) is 5.82 Å². The van der Waals surface area contributed by atoms with Crippen molar-refractivity contribution in [2.45, 2.75) is 0 Å². The van der Waals surface area contributed by atoms with Crippen molar-refractivity contribution in [3.63, 3.8) is 0 Å². The van der Waals surface area contributed by atoms with Gasteiger partial charge in [0.1, 0.15) is 11.4 Å². The third kappa shape index (κ3) is 3.51. The number of nitrogens with zero attached hydrogens (tertiary/aromatic N) is 2. The summed E-state index contributed by atoms with van der Waals surface area (Å²) in [5, 5.41) is 3.69. The molecule has 1 heterocycles. The Morgan fingerprint density at radius 2 is 1.88 bits per heavy atom. The number of nitrogen functional groups attached to an aromatic ring is 1. The van der Waals surface area contributed by atoms with E-state index in [1.165, 1.54) is 6.20 Å². The number of rotatable bonds is 4. The van der Waals surface area contributed by atoms with Gasteiger partial charge in [-0.25, -0.2) is 15.8 Å². The molecule has 2 aromatic carbocycles. The fraction of sp³-hybridized carbons (Fsp3) is 0. The second-order valence-corrected chi connectivity index (χ2v) is 5.37. The first-order chi connectivity index (χ1) is 11.7. The topological polar surface area (TPSA) is 92.9 Å². The minimum Gasteiger partial charge on any atom is -0.339 e. The molecule has 0 atom stereocenters. The molecule has 0 aliphatic rings. The quantitative estimate of drug-likeness (QED) is 0.386. The number of carbonyl (C=O) groups excluding carboxylic acids is 1. The summed E-state index contributed by atoms with van der Waals surface area (Å²) in [7, 11) is 0. The van der Waals surface area contributed by atoms with Crippen molar-refractivity contribution in [1.29, 1.82) is 0 Å². The molecule has 0 saturated carbocycles. The van der Waals surface area contributed by atoms with E-state index in [0.29, 0.717) is 16.7 Å². The lowest BCUT2D eigenvalue weighted by Crippen LogP contribution is -2.31. The van der Waals surface area contributed by atoms with Gasteiger partial charge in [0.05, 0.1) is 0 Å². The number of nitrogens with two attached hydrogens (primary N) is 1. The fourth-order valence-electron chi connectivity index (χ4n) is 2.15. The Bertz CT molecular complexity index is 870. The number of nitrogens with one attached hydrogen (secondary N) is 2. The van der Waals surface area contributed by atoms with Gasteiger partial charge in [-0.15, -0.1) is 0 Å². The number of hydrogen-bond donors (Lipinski definition) is 3. The van der Waals surface area contributed by atoms with Gasteiger partial charge in [0.25, 0.3) is 5.91 Å². The van der Waals surface area contributed by atoms with Crippen LogP contribution in [-0.2, 0) is 0 Å². The molecule has 0 aliphatic carbocycles. The van der Waals surface area contributed by atoms with Gasteiger partial charge < -0.3 is 5.32 Å². The predicted octanol–water partition coefficient (Wildman–Crippen LogP) is 3.14. The first-order valence-corrected chi connectivity index (χ1v) is 7.51. The number of hydrogen-bond acceptors (Lipinski definition) is 5. The van der Waals surface area contributed by atoms with E-state index < -0.39 is 5.91 Å². The minimum absolute atomic E-state index is 0.243. The van der Waals surface area contributed by atoms with E-state index in [9.17, 15) is 4.79 Å². The molecule has 4 N–H and O–H groups in total. The van der Waals surface area contributed by atoms with Gasteiger partial charge in [0.2, 0.25) is 0 Å². The van der Waals surface area contributed by atoms with Crippen molar-refractivity contribution in [3.8, 4) is 11.4 Å². The molecule has 1 aromatic heterocycles. The first kappa shape index (κ1) is 15.9. The molecule has 0 saturated heterocycles. The molecule has 0 radical (unpaired) electrons. The Balaban J connectivity index is 2.05. The van der Waals surface area contributed by atoms with Gasteiger partial charge in [0, 0.05) is 22.5 Å². The first-order valence-electron chi connectivity index (χ1n) is 7.13. The maximum atomic E-state index is 11.9. The van der Waals surface area contributed by atoms with Crippen molar-refractivity contribution in [2.24, 2.45) is 5.84 Å². The van der Waals surface area contributed by atoms with Crippen LogP contribution in [0.25, 0.3) is 11.4 Å². The zero-order valence-electron chi connectivity index (χ0n) is 12.5. The largest absolute Gasteiger partial charge is 0.339 e. The number of benzene rings is 2. The van der Waals surface area contributed by atoms with Crippen LogP contribution in [0.3, 0.4) is 0 Å². The lowest BCUT2D eigenvalue weighted by molar-refractivity contribution is 0.0954. The Hall–Kier alpha value is -2.96. The Labute approximate surface area is 143 Å². The van der Waals surface area contributed by atoms with Crippen molar-refractivity contribution in [3.05, 3.63) is 71.4 Å². The number of para-hydroxylation sites is 1. The van der Waals surface area contributed by atoms with E-state index >= 15 is 0 Å². The number of aromatic nitrogens is 2. The highest BCUT2D eigenvalue weighted by atomic mass is 35.5. The SMILES string of the molecule is NNC(=O)c1cnc(-c2cccc(Cl)c2)nc1Nc1ccccc1. The molecule has 7 heteroatoms. The second kappa shape index (κ2) is 7.08. The predicted molar refractivity (Wildman–Crippen MR) is 93.9 cm³/mol. The van der Waals surface area contributed by atoms with Crippen LogP contribution in [-0.4, -0.2) is 15.9 Å². The molecule has 0 spiro atoms. The smallest absolute Gasteiger partial charge is 0.270 e. The van der Waals surface area contributed by atoms with Crippen LogP contribution in [0.5, 0.6) is 0 Å². The molecular formula is C17H14ClN5O. The summed E-state index contributed by atoms with van der Waals surface area (Å²) in [5.74, 6) is 5.56. The molecule has 24 heavy (non-hydrogen) atoms. The average Bonchev–Trinajstić information content (AvgIpc) is 2.62. The lowest BCUT2D eigenvalue weighted by Gasteiger charge is -2.11. The Kier molecular flexibility index (Phi) is 4.69. The van der Waals surface area contributed by atoms with Crippen molar-refractivity contribution >= 4 is 29.0 Å². The maximum absolute atomic E-state index is 11.9. The summed E-state index contributed by atoms with van der Waals surface area (Å²) in [4.78, 5) is 20.6. The highest BCUT2D eigenvalue weighted by Gasteiger charge is 2.15. The molecule has 3 rings (SSSR count). The van der Waals surface area contributed by atoms with Crippen LogP contribution in [0.15, 0.2) is 60.8 Å². The van der Waals surface area contributed by atoms with E-state index in [1.807, 2.05) is 42.5 Å². The highest BCUT2D eigenvalue weighted by Crippen LogP contribution is 2.24. The normalized spacial score (nSPS) is 10.2. The third-order valence-corrected chi connectivity index (χ3v) is 3.52. The Morgan fingerprint density at radius 1 is 1.08 bits per heavy atom. The number of anilines is 2. The van der Waals surface area contributed by atoms with Crippen molar-refractivity contribution in [1.82, 2.24) is 15.4 Å². The fourth-order valence-corrected chi connectivity index (χ4v) is 2.34. The molecule has 1 amide bonds. The summed E-state index contributed by atoms with van der Waals surface area (Å²) < 4.78 is 0. The third-order valence-electron chi connectivity index (χ3n) is 3.28. The molecule has 120 valence electrons. The van der Waals surface area contributed by atoms with Crippen LogP contribution in [0.1, 0.15) is 10.4 Å². The summed E-state index contributed by atoms with van der Waals surface area (Å²) in [5.41, 5.74) is 3.88. The standard InChI is InChI=1S/C17H14ClN5O/c18-12-6-4-5-11(9-12)15-20-10-14(17(24)23-19)16(22-15)21-13-7-2-1-3-8-13/h1-10H,19H2,(H,23,24)(H,20,21,22). The van der Waals surface area contributed by atoms with E-state index in [0.717, 1.165) is 11.3 Å². The summed E-state index contributed by atoms with van der Waals surface area (Å²) >= 11 is 6.02. The minimum atomic E-state index is -0.480. The highest BCUT2D eigenvalue weighted by molar-refractivity contribution is 6.30. The van der Waals surface area contributed by atoms with Crippen LogP contribution in [0.2, 0.25) is 5.02 Å². The van der Waals surface area contributed by atoms with E-state index in [-0.39, 0.29) is 5.56 Å². The molecule has 6 nitrogen and oxygen atoms in total. The lowest BCUT2D eigenvalue weighted by atomic mass is 10.2. The van der Waals surface area contributed by atoms with Gasteiger partial charge >= 0.3 is 0 Å². The monoisotopic (exact) mass is 339 g/mol. The summed E-state index contributed by atoms with van der Waals surface area (Å²) in [6.45, 7) is 0. The molecule has 0 unspecified atom stereocenters. The van der Waals surface area contributed by atoms with Gasteiger partial charge in [-0.1, -0.05) is 41.9 Å². The van der Waals surface area contributed by atoms with Crippen LogP contribution < -0.4 is 16.6 Å². The van der Waals surface area contributed by atoms with Crippen LogP contribution in [0, 0.1) is 0 Å². The number of halogens is 1. The zero-order valence-corrected chi connectivity index (χ0v) is 13.3. The number of amides is 1. The maximum Gasteiger partial charge on any atom is 0.270 e. The van der Waals surface area contributed by atoms with Gasteiger partial charge in [-0.2, -0.15) is 0 Å². The average molecular weight is 340 g/mol. The van der Waals surface area contributed by atoms with Gasteiger partial charge in [-0.3, -0.25) is 10.2 Å². The number of hydrazine groups is 1. The Morgan fingerprint density at radius 3 is 2.58 bits per heavy atom. The molecule has 0 bridgehead atoms. The van der Waals surface area contributed by atoms with E-state index in [2.05, 4.69) is 20.7 Å². The summed E-state index contributed by atoms with van der Waals surface area (Å²) in [6, 6.07) is 16.6. The van der Waals surface area contributed by atoms with Gasteiger partial charge in [-0.05, 0) is 24.3 Å². The van der Waals surface area contributed by atoms with E-state index in [1.54, 1.807) is 12.1 Å².